The summed E-state index contributed by atoms with van der Waals surface area (Å²) in [5.41, 5.74) is 0. The Morgan fingerprint density at radius 1 is 1.50 bits per heavy atom. The van der Waals surface area contributed by atoms with E-state index in [0.29, 0.717) is 5.15 Å². The zero-order valence-corrected chi connectivity index (χ0v) is 9.77. The third kappa shape index (κ3) is 4.72. The first kappa shape index (κ1) is 11.7. The number of rotatable bonds is 6. The van der Waals surface area contributed by atoms with Crippen LogP contribution in [0.4, 0.5) is 0 Å². The van der Waals surface area contributed by atoms with Crippen LogP contribution < -0.4 is 4.74 Å². The van der Waals surface area contributed by atoms with Crippen LogP contribution in [0.25, 0.3) is 0 Å². The largest absolute Gasteiger partial charge is 0.492 e. The molecule has 2 nitrogen and oxygen atoms in total. The van der Waals surface area contributed by atoms with Gasteiger partial charge in [0.05, 0.1) is 12.8 Å². The van der Waals surface area contributed by atoms with Crippen LogP contribution in [0.1, 0.15) is 13.3 Å². The van der Waals surface area contributed by atoms with E-state index in [1.807, 2.05) is 17.8 Å². The molecule has 0 aromatic carbocycles. The minimum atomic E-state index is 0.499. The molecule has 4 heteroatoms. The second-order valence-electron chi connectivity index (χ2n) is 2.72. The summed E-state index contributed by atoms with van der Waals surface area (Å²) < 4.78 is 5.47. The lowest BCUT2D eigenvalue weighted by atomic mass is 10.4. The van der Waals surface area contributed by atoms with E-state index >= 15 is 0 Å². The summed E-state index contributed by atoms with van der Waals surface area (Å²) >= 11 is 7.57. The summed E-state index contributed by atoms with van der Waals surface area (Å²) in [5, 5.41) is 0.499. The van der Waals surface area contributed by atoms with E-state index in [9.17, 15) is 0 Å². The van der Waals surface area contributed by atoms with Crippen LogP contribution in [0.2, 0.25) is 5.15 Å². The fraction of sp³-hybridized carbons (Fsp3) is 0.500. The van der Waals surface area contributed by atoms with Crippen LogP contribution in [0.15, 0.2) is 18.3 Å². The lowest BCUT2D eigenvalue weighted by Gasteiger charge is -2.04. The van der Waals surface area contributed by atoms with E-state index in [1.165, 1.54) is 5.75 Å². The third-order valence-electron chi connectivity index (χ3n) is 1.61. The number of thioether (sulfide) groups is 1. The number of hydrogen-bond acceptors (Lipinski definition) is 3. The highest BCUT2D eigenvalue weighted by atomic mass is 35.5. The summed E-state index contributed by atoms with van der Waals surface area (Å²) in [4.78, 5) is 3.93. The van der Waals surface area contributed by atoms with Gasteiger partial charge in [0.2, 0.25) is 0 Å². The van der Waals surface area contributed by atoms with Crippen molar-refractivity contribution in [3.8, 4) is 5.75 Å². The molecule has 0 radical (unpaired) electrons. The molecule has 0 fully saturated rings. The van der Waals surface area contributed by atoms with E-state index in [4.69, 9.17) is 16.3 Å². The first-order valence-corrected chi connectivity index (χ1v) is 6.18. The van der Waals surface area contributed by atoms with Crippen molar-refractivity contribution >= 4 is 23.4 Å². The van der Waals surface area contributed by atoms with Crippen molar-refractivity contribution in [1.29, 1.82) is 0 Å². The van der Waals surface area contributed by atoms with Crippen LogP contribution in [0.3, 0.4) is 0 Å². The molecule has 0 aliphatic carbocycles. The van der Waals surface area contributed by atoms with Gasteiger partial charge >= 0.3 is 0 Å². The standard InChI is InChI=1S/C10H14ClNOS/c1-2-14-7-3-6-13-9-4-5-10(11)12-8-9/h4-5,8H,2-3,6-7H2,1H3. The molecule has 0 amide bonds. The summed E-state index contributed by atoms with van der Waals surface area (Å²) in [6.45, 7) is 2.91. The molecule has 0 aliphatic rings. The summed E-state index contributed by atoms with van der Waals surface area (Å²) in [6, 6.07) is 3.57. The Balaban J connectivity index is 2.15. The van der Waals surface area contributed by atoms with E-state index in [2.05, 4.69) is 11.9 Å². The predicted molar refractivity (Wildman–Crippen MR) is 62.4 cm³/mol. The molecule has 0 spiro atoms. The Bertz CT molecular complexity index is 253. The van der Waals surface area contributed by atoms with Gasteiger partial charge in [-0.25, -0.2) is 4.98 Å². The van der Waals surface area contributed by atoms with Gasteiger partial charge in [-0.3, -0.25) is 0 Å². The van der Waals surface area contributed by atoms with Crippen molar-refractivity contribution in [2.24, 2.45) is 0 Å². The zero-order valence-electron chi connectivity index (χ0n) is 8.20. The Morgan fingerprint density at radius 3 is 3.00 bits per heavy atom. The normalized spacial score (nSPS) is 10.1. The van der Waals surface area contributed by atoms with Crippen LogP contribution in [0, 0.1) is 0 Å². The van der Waals surface area contributed by atoms with Gasteiger partial charge in [-0.2, -0.15) is 11.8 Å². The Morgan fingerprint density at radius 2 is 2.36 bits per heavy atom. The number of halogens is 1. The fourth-order valence-electron chi connectivity index (χ4n) is 0.943. The average Bonchev–Trinajstić information content (AvgIpc) is 2.21. The van der Waals surface area contributed by atoms with E-state index in [1.54, 1.807) is 12.3 Å². The quantitative estimate of drug-likeness (QED) is 0.554. The van der Waals surface area contributed by atoms with Crippen molar-refractivity contribution in [3.05, 3.63) is 23.5 Å². The first-order valence-electron chi connectivity index (χ1n) is 4.65. The molecule has 14 heavy (non-hydrogen) atoms. The highest BCUT2D eigenvalue weighted by Crippen LogP contribution is 2.12. The van der Waals surface area contributed by atoms with Crippen molar-refractivity contribution in [1.82, 2.24) is 4.98 Å². The summed E-state index contributed by atoms with van der Waals surface area (Å²) in [6.07, 6.45) is 2.72. The number of aromatic nitrogens is 1. The second kappa shape index (κ2) is 6.96. The minimum Gasteiger partial charge on any atom is -0.492 e. The number of ether oxygens (including phenoxy) is 1. The van der Waals surface area contributed by atoms with Crippen LogP contribution in [-0.2, 0) is 0 Å². The highest BCUT2D eigenvalue weighted by molar-refractivity contribution is 7.99. The lowest BCUT2D eigenvalue weighted by Crippen LogP contribution is -1.99. The van der Waals surface area contributed by atoms with E-state index in [-0.39, 0.29) is 0 Å². The Labute approximate surface area is 94.0 Å². The molecule has 1 heterocycles. The molecule has 0 atom stereocenters. The maximum atomic E-state index is 5.64. The molecule has 0 N–H and O–H groups in total. The van der Waals surface area contributed by atoms with Crippen molar-refractivity contribution in [2.75, 3.05) is 18.1 Å². The van der Waals surface area contributed by atoms with Gasteiger partial charge in [-0.1, -0.05) is 18.5 Å². The van der Waals surface area contributed by atoms with E-state index in [0.717, 1.165) is 24.5 Å². The third-order valence-corrected chi connectivity index (χ3v) is 2.82. The second-order valence-corrected chi connectivity index (χ2v) is 4.50. The number of nitrogens with zero attached hydrogens (tertiary/aromatic N) is 1. The van der Waals surface area contributed by atoms with Crippen molar-refractivity contribution in [3.63, 3.8) is 0 Å². The van der Waals surface area contributed by atoms with Crippen molar-refractivity contribution < 1.29 is 4.74 Å². The van der Waals surface area contributed by atoms with Gasteiger partial charge in [0.1, 0.15) is 10.9 Å². The minimum absolute atomic E-state index is 0.499. The zero-order chi connectivity index (χ0) is 10.2. The first-order chi connectivity index (χ1) is 6.83. The smallest absolute Gasteiger partial charge is 0.137 e. The number of pyridine rings is 1. The van der Waals surface area contributed by atoms with Gasteiger partial charge in [0.25, 0.3) is 0 Å². The molecule has 1 aromatic heterocycles. The SMILES string of the molecule is CCSCCCOc1ccc(Cl)nc1. The van der Waals surface area contributed by atoms with E-state index < -0.39 is 0 Å². The average molecular weight is 232 g/mol. The molecule has 1 rings (SSSR count). The maximum Gasteiger partial charge on any atom is 0.137 e. The molecule has 0 saturated heterocycles. The van der Waals surface area contributed by atoms with Gasteiger partial charge in [0, 0.05) is 0 Å². The summed E-state index contributed by atoms with van der Waals surface area (Å²) in [5.74, 6) is 3.11. The van der Waals surface area contributed by atoms with Gasteiger partial charge in [-0.15, -0.1) is 0 Å². The molecule has 0 bridgehead atoms. The van der Waals surface area contributed by atoms with Gasteiger partial charge in [0.15, 0.2) is 0 Å². The van der Waals surface area contributed by atoms with Gasteiger partial charge < -0.3 is 4.74 Å². The van der Waals surface area contributed by atoms with Crippen LogP contribution in [0.5, 0.6) is 5.75 Å². The maximum absolute atomic E-state index is 5.64. The molecule has 1 aromatic rings. The highest BCUT2D eigenvalue weighted by Gasteiger charge is 1.94. The topological polar surface area (TPSA) is 22.1 Å². The monoisotopic (exact) mass is 231 g/mol. The molecule has 78 valence electrons. The molecular weight excluding hydrogens is 218 g/mol. The molecule has 0 saturated carbocycles. The van der Waals surface area contributed by atoms with Crippen LogP contribution in [-0.4, -0.2) is 23.1 Å². The van der Waals surface area contributed by atoms with Crippen LogP contribution >= 0.6 is 23.4 Å². The molecular formula is C10H14ClNOS. The van der Waals surface area contributed by atoms with Gasteiger partial charge in [-0.05, 0) is 30.1 Å². The molecule has 0 unspecified atom stereocenters. The Kier molecular flexibility index (Phi) is 5.80. The predicted octanol–water partition coefficient (Wildman–Crippen LogP) is 3.26. The summed E-state index contributed by atoms with van der Waals surface area (Å²) in [7, 11) is 0. The molecule has 0 aliphatic heterocycles. The lowest BCUT2D eigenvalue weighted by molar-refractivity contribution is 0.317. The fourth-order valence-corrected chi connectivity index (χ4v) is 1.67. The van der Waals surface area contributed by atoms with Crippen molar-refractivity contribution in [2.45, 2.75) is 13.3 Å². The number of hydrogen-bond donors (Lipinski definition) is 0. The Hall–Kier alpha value is -0.410.